The Labute approximate surface area is 138 Å². The van der Waals surface area contributed by atoms with E-state index in [9.17, 15) is 4.79 Å². The second-order valence-corrected chi connectivity index (χ2v) is 5.51. The molecule has 130 valence electrons. The molecule has 0 aliphatic carbocycles. The third kappa shape index (κ3) is 5.66. The molecule has 0 amide bonds. The summed E-state index contributed by atoms with van der Waals surface area (Å²) in [6, 6.07) is 3.92. The van der Waals surface area contributed by atoms with E-state index < -0.39 is 0 Å². The molecule has 0 radical (unpaired) electrons. The molecule has 1 rings (SSSR count). The molecule has 5 nitrogen and oxygen atoms in total. The van der Waals surface area contributed by atoms with Gasteiger partial charge in [0.25, 0.3) is 0 Å². The number of aryl methyl sites for hydroxylation is 1. The van der Waals surface area contributed by atoms with Gasteiger partial charge in [0.1, 0.15) is 0 Å². The van der Waals surface area contributed by atoms with E-state index in [-0.39, 0.29) is 5.97 Å². The maximum absolute atomic E-state index is 11.5. The van der Waals surface area contributed by atoms with Gasteiger partial charge in [0.15, 0.2) is 11.5 Å². The number of benzene rings is 1. The first-order valence-electron chi connectivity index (χ1n) is 7.95. The summed E-state index contributed by atoms with van der Waals surface area (Å²) in [5, 5.41) is 0. The molecule has 23 heavy (non-hydrogen) atoms. The summed E-state index contributed by atoms with van der Waals surface area (Å²) in [5.41, 5.74) is 1.10. The smallest absolute Gasteiger partial charge is 0.305 e. The third-order valence-electron chi connectivity index (χ3n) is 3.95. The fourth-order valence-electron chi connectivity index (χ4n) is 2.73. The van der Waals surface area contributed by atoms with Crippen molar-refractivity contribution in [3.05, 3.63) is 17.7 Å². The van der Waals surface area contributed by atoms with Crippen LogP contribution >= 0.6 is 0 Å². The first kappa shape index (κ1) is 19.1. The van der Waals surface area contributed by atoms with Crippen LogP contribution in [0.5, 0.6) is 17.2 Å². The number of methoxy groups -OCH3 is 4. The lowest BCUT2D eigenvalue weighted by molar-refractivity contribution is -0.141. The average molecular weight is 324 g/mol. The lowest BCUT2D eigenvalue weighted by atomic mass is 9.92. The molecule has 0 spiro atoms. The van der Waals surface area contributed by atoms with Crippen molar-refractivity contribution in [1.29, 1.82) is 0 Å². The van der Waals surface area contributed by atoms with Crippen molar-refractivity contribution in [1.82, 2.24) is 0 Å². The zero-order valence-electron chi connectivity index (χ0n) is 14.8. The van der Waals surface area contributed by atoms with Gasteiger partial charge in [-0.25, -0.2) is 0 Å². The molecular weight excluding hydrogens is 296 g/mol. The molecule has 5 heteroatoms. The van der Waals surface area contributed by atoms with E-state index in [2.05, 4.69) is 6.92 Å². The molecule has 0 saturated heterocycles. The number of esters is 1. The Morgan fingerprint density at radius 3 is 2.04 bits per heavy atom. The van der Waals surface area contributed by atoms with Gasteiger partial charge in [-0.2, -0.15) is 0 Å². The van der Waals surface area contributed by atoms with Crippen molar-refractivity contribution in [3.63, 3.8) is 0 Å². The fourth-order valence-corrected chi connectivity index (χ4v) is 2.73. The molecule has 0 aliphatic rings. The summed E-state index contributed by atoms with van der Waals surface area (Å²) in [4.78, 5) is 11.5. The monoisotopic (exact) mass is 324 g/mol. The Kier molecular flexibility index (Phi) is 8.30. The number of carbonyl (C=O) groups is 1. The Balaban J connectivity index is 2.84. The first-order valence-corrected chi connectivity index (χ1v) is 7.95. The number of hydrogen-bond acceptors (Lipinski definition) is 5. The number of carbonyl (C=O) groups excluding carboxylic acids is 1. The van der Waals surface area contributed by atoms with E-state index in [1.807, 2.05) is 12.1 Å². The molecule has 0 aromatic heterocycles. The molecule has 0 aliphatic heterocycles. The predicted molar refractivity (Wildman–Crippen MR) is 89.5 cm³/mol. The maximum atomic E-state index is 11.5. The van der Waals surface area contributed by atoms with Gasteiger partial charge in [-0.05, 0) is 36.5 Å². The highest BCUT2D eigenvalue weighted by molar-refractivity contribution is 5.69. The average Bonchev–Trinajstić information content (AvgIpc) is 2.58. The van der Waals surface area contributed by atoms with Crippen LogP contribution in [-0.2, 0) is 16.0 Å². The largest absolute Gasteiger partial charge is 0.493 e. The van der Waals surface area contributed by atoms with Gasteiger partial charge in [-0.3, -0.25) is 4.79 Å². The van der Waals surface area contributed by atoms with Crippen LogP contribution in [0, 0.1) is 5.92 Å². The minimum absolute atomic E-state index is 0.145. The van der Waals surface area contributed by atoms with E-state index in [4.69, 9.17) is 18.9 Å². The van der Waals surface area contributed by atoms with Crippen LogP contribution in [0.4, 0.5) is 0 Å². The van der Waals surface area contributed by atoms with Crippen molar-refractivity contribution < 1.29 is 23.7 Å². The highest BCUT2D eigenvalue weighted by Crippen LogP contribution is 2.38. The van der Waals surface area contributed by atoms with Crippen LogP contribution in [0.15, 0.2) is 12.1 Å². The Morgan fingerprint density at radius 2 is 1.61 bits per heavy atom. The van der Waals surface area contributed by atoms with Gasteiger partial charge < -0.3 is 18.9 Å². The van der Waals surface area contributed by atoms with Gasteiger partial charge in [-0.1, -0.05) is 19.8 Å². The summed E-state index contributed by atoms with van der Waals surface area (Å²) < 4.78 is 20.9. The lowest BCUT2D eigenvalue weighted by Crippen LogP contribution is -2.11. The molecule has 1 aromatic rings. The van der Waals surface area contributed by atoms with Gasteiger partial charge in [-0.15, -0.1) is 0 Å². The van der Waals surface area contributed by atoms with Gasteiger partial charge in [0.05, 0.1) is 28.4 Å². The summed E-state index contributed by atoms with van der Waals surface area (Å²) in [6.45, 7) is 2.13. The summed E-state index contributed by atoms with van der Waals surface area (Å²) >= 11 is 0. The second kappa shape index (κ2) is 9.98. The molecule has 1 unspecified atom stereocenters. The highest BCUT2D eigenvalue weighted by atomic mass is 16.5. The van der Waals surface area contributed by atoms with Crippen LogP contribution < -0.4 is 14.2 Å². The Morgan fingerprint density at radius 1 is 1.00 bits per heavy atom. The number of rotatable bonds is 10. The lowest BCUT2D eigenvalue weighted by Gasteiger charge is -2.17. The molecule has 0 fully saturated rings. The van der Waals surface area contributed by atoms with Crippen LogP contribution in [0.3, 0.4) is 0 Å². The fraction of sp³-hybridized carbons (Fsp3) is 0.611. The van der Waals surface area contributed by atoms with E-state index in [1.54, 1.807) is 21.3 Å². The molecule has 0 N–H and O–H groups in total. The maximum Gasteiger partial charge on any atom is 0.305 e. The molecule has 1 aromatic carbocycles. The summed E-state index contributed by atoms with van der Waals surface area (Å²) in [5.74, 6) is 2.09. The minimum Gasteiger partial charge on any atom is -0.493 e. The standard InChI is InChI=1S/C18H28O5/c1-6-7-13(12-17(19)22-4)8-9-14-10-15(20-2)18(23-5)16(11-14)21-3/h10-11,13H,6-9,12H2,1-5H3. The highest BCUT2D eigenvalue weighted by Gasteiger charge is 2.16. The Bertz CT molecular complexity index is 473. The van der Waals surface area contributed by atoms with Crippen molar-refractivity contribution in [3.8, 4) is 17.2 Å². The van der Waals surface area contributed by atoms with Gasteiger partial charge in [0, 0.05) is 6.42 Å². The molecule has 0 heterocycles. The van der Waals surface area contributed by atoms with E-state index in [1.165, 1.54) is 7.11 Å². The first-order chi connectivity index (χ1) is 11.1. The SMILES string of the molecule is CCCC(CCc1cc(OC)c(OC)c(OC)c1)CC(=O)OC. The number of hydrogen-bond donors (Lipinski definition) is 0. The molecule has 0 saturated carbocycles. The normalized spacial score (nSPS) is 11.7. The number of ether oxygens (including phenoxy) is 4. The topological polar surface area (TPSA) is 54.0 Å². The van der Waals surface area contributed by atoms with E-state index >= 15 is 0 Å². The molecular formula is C18H28O5. The van der Waals surface area contributed by atoms with Crippen LogP contribution in [0.1, 0.15) is 38.2 Å². The quantitative estimate of drug-likeness (QED) is 0.615. The van der Waals surface area contributed by atoms with E-state index in [0.717, 1.165) is 31.2 Å². The van der Waals surface area contributed by atoms with Crippen LogP contribution in [0.2, 0.25) is 0 Å². The van der Waals surface area contributed by atoms with Crippen molar-refractivity contribution in [2.75, 3.05) is 28.4 Å². The third-order valence-corrected chi connectivity index (χ3v) is 3.95. The minimum atomic E-state index is -0.145. The second-order valence-electron chi connectivity index (χ2n) is 5.51. The van der Waals surface area contributed by atoms with Crippen molar-refractivity contribution in [2.45, 2.75) is 39.0 Å². The van der Waals surface area contributed by atoms with Gasteiger partial charge in [0.2, 0.25) is 5.75 Å². The zero-order valence-corrected chi connectivity index (χ0v) is 14.8. The van der Waals surface area contributed by atoms with Crippen molar-refractivity contribution in [2.24, 2.45) is 5.92 Å². The van der Waals surface area contributed by atoms with Crippen LogP contribution in [0.25, 0.3) is 0 Å². The van der Waals surface area contributed by atoms with Crippen LogP contribution in [-0.4, -0.2) is 34.4 Å². The molecule has 0 bridgehead atoms. The summed E-state index contributed by atoms with van der Waals surface area (Å²) in [6.07, 6.45) is 4.30. The van der Waals surface area contributed by atoms with E-state index in [0.29, 0.717) is 29.6 Å². The van der Waals surface area contributed by atoms with Crippen molar-refractivity contribution >= 4 is 5.97 Å². The predicted octanol–water partition coefficient (Wildman–Crippen LogP) is 3.62. The zero-order chi connectivity index (χ0) is 17.2. The van der Waals surface area contributed by atoms with Gasteiger partial charge >= 0.3 is 5.97 Å². The Hall–Kier alpha value is -1.91. The molecule has 1 atom stereocenters. The summed E-state index contributed by atoms with van der Waals surface area (Å²) in [7, 11) is 6.24.